The summed E-state index contributed by atoms with van der Waals surface area (Å²) in [5, 5.41) is 20.8. The van der Waals surface area contributed by atoms with E-state index in [1.54, 1.807) is 18.2 Å². The Balaban J connectivity index is 2.41. The number of nitro benzene ring substituents is 1. The van der Waals surface area contributed by atoms with E-state index >= 15 is 0 Å². The van der Waals surface area contributed by atoms with Crippen molar-refractivity contribution in [3.05, 3.63) is 62.1 Å². The smallest absolute Gasteiger partial charge is 0.342 e. The summed E-state index contributed by atoms with van der Waals surface area (Å²) in [7, 11) is 0. The van der Waals surface area contributed by atoms with Crippen LogP contribution in [0.3, 0.4) is 0 Å². The molecule has 0 saturated carbocycles. The SMILES string of the molecule is O=C(O)c1ccc(Sc2cc(Cl)ccc2Cl)cc1[N+](=O)[O-]. The first-order valence-corrected chi connectivity index (χ1v) is 7.10. The van der Waals surface area contributed by atoms with Crippen LogP contribution >= 0.6 is 35.0 Å². The number of nitro groups is 1. The molecule has 0 aromatic heterocycles. The Morgan fingerprint density at radius 1 is 1.19 bits per heavy atom. The highest BCUT2D eigenvalue weighted by Crippen LogP contribution is 2.37. The summed E-state index contributed by atoms with van der Waals surface area (Å²) in [6, 6.07) is 8.76. The molecule has 0 bridgehead atoms. The van der Waals surface area contributed by atoms with Gasteiger partial charge in [-0.05, 0) is 30.3 Å². The maximum absolute atomic E-state index is 10.9. The molecule has 0 aliphatic carbocycles. The number of carboxylic acid groups (broad SMARTS) is 1. The molecule has 0 aliphatic rings. The molecule has 0 fully saturated rings. The van der Waals surface area contributed by atoms with Crippen LogP contribution in [0.15, 0.2) is 46.2 Å². The largest absolute Gasteiger partial charge is 0.477 e. The van der Waals surface area contributed by atoms with Crippen molar-refractivity contribution in [2.75, 3.05) is 0 Å². The second-order valence-corrected chi connectivity index (χ2v) is 5.88. The highest BCUT2D eigenvalue weighted by molar-refractivity contribution is 7.99. The average molecular weight is 344 g/mol. The molecule has 108 valence electrons. The average Bonchev–Trinajstić information content (AvgIpc) is 2.42. The van der Waals surface area contributed by atoms with Gasteiger partial charge in [0.2, 0.25) is 0 Å². The molecular formula is C13H7Cl2NO4S. The maximum Gasteiger partial charge on any atom is 0.342 e. The second-order valence-electron chi connectivity index (χ2n) is 3.92. The molecule has 0 aliphatic heterocycles. The number of hydrogen-bond acceptors (Lipinski definition) is 4. The lowest BCUT2D eigenvalue weighted by Crippen LogP contribution is -2.02. The van der Waals surface area contributed by atoms with E-state index in [4.69, 9.17) is 28.3 Å². The van der Waals surface area contributed by atoms with Gasteiger partial charge in [0.15, 0.2) is 0 Å². The number of rotatable bonds is 4. The van der Waals surface area contributed by atoms with Gasteiger partial charge in [0.05, 0.1) is 9.95 Å². The summed E-state index contributed by atoms with van der Waals surface area (Å²) in [6.07, 6.45) is 0. The molecule has 5 nitrogen and oxygen atoms in total. The molecule has 21 heavy (non-hydrogen) atoms. The summed E-state index contributed by atoms with van der Waals surface area (Å²) < 4.78 is 0. The number of nitrogens with zero attached hydrogens (tertiary/aromatic N) is 1. The van der Waals surface area contributed by atoms with Crippen molar-refractivity contribution >= 4 is 46.6 Å². The number of carboxylic acids is 1. The van der Waals surface area contributed by atoms with E-state index in [0.717, 1.165) is 0 Å². The van der Waals surface area contributed by atoms with Crippen LogP contribution in [0, 0.1) is 10.1 Å². The van der Waals surface area contributed by atoms with Crippen molar-refractivity contribution in [1.29, 1.82) is 0 Å². The van der Waals surface area contributed by atoms with Crippen LogP contribution in [0.2, 0.25) is 10.0 Å². The Kier molecular flexibility index (Phi) is 4.72. The molecule has 0 unspecified atom stereocenters. The normalized spacial score (nSPS) is 10.4. The third kappa shape index (κ3) is 3.66. The van der Waals surface area contributed by atoms with Crippen molar-refractivity contribution in [2.45, 2.75) is 9.79 Å². The molecule has 2 aromatic carbocycles. The third-order valence-corrected chi connectivity index (χ3v) is 4.24. The minimum absolute atomic E-state index is 0.360. The molecule has 0 heterocycles. The first-order valence-electron chi connectivity index (χ1n) is 5.53. The summed E-state index contributed by atoms with van der Waals surface area (Å²) >= 11 is 13.1. The summed E-state index contributed by atoms with van der Waals surface area (Å²) in [5.74, 6) is -1.35. The van der Waals surface area contributed by atoms with E-state index in [-0.39, 0.29) is 5.56 Å². The van der Waals surface area contributed by atoms with Gasteiger partial charge in [-0.25, -0.2) is 4.79 Å². The van der Waals surface area contributed by atoms with Crippen LogP contribution < -0.4 is 0 Å². The predicted octanol–water partition coefficient (Wildman–Crippen LogP) is 4.75. The van der Waals surface area contributed by atoms with Crippen LogP contribution in [0.1, 0.15) is 10.4 Å². The van der Waals surface area contributed by atoms with E-state index in [1.165, 1.54) is 30.0 Å². The standard InChI is InChI=1S/C13H7Cl2NO4S/c14-7-1-4-10(15)12(5-7)21-8-2-3-9(13(17)18)11(6-8)16(19)20/h1-6H,(H,17,18). The van der Waals surface area contributed by atoms with Crippen molar-refractivity contribution in [3.63, 3.8) is 0 Å². The molecule has 8 heteroatoms. The molecule has 0 radical (unpaired) electrons. The van der Waals surface area contributed by atoms with Gasteiger partial charge in [0, 0.05) is 20.9 Å². The second kappa shape index (κ2) is 6.34. The highest BCUT2D eigenvalue weighted by Gasteiger charge is 2.20. The topological polar surface area (TPSA) is 80.4 Å². The Morgan fingerprint density at radius 2 is 1.90 bits per heavy atom. The first-order chi connectivity index (χ1) is 9.88. The lowest BCUT2D eigenvalue weighted by Gasteiger charge is -2.06. The zero-order chi connectivity index (χ0) is 15.6. The van der Waals surface area contributed by atoms with E-state index in [2.05, 4.69) is 0 Å². The van der Waals surface area contributed by atoms with Gasteiger partial charge < -0.3 is 5.11 Å². The Bertz CT molecular complexity index is 736. The van der Waals surface area contributed by atoms with Crippen LogP contribution in [0.5, 0.6) is 0 Å². The Hall–Kier alpha value is -1.76. The van der Waals surface area contributed by atoms with Crippen LogP contribution in [0.25, 0.3) is 0 Å². The summed E-state index contributed by atoms with van der Waals surface area (Å²) in [4.78, 5) is 22.3. The molecular weight excluding hydrogens is 337 g/mol. The minimum Gasteiger partial charge on any atom is -0.477 e. The van der Waals surface area contributed by atoms with Crippen molar-refractivity contribution in [1.82, 2.24) is 0 Å². The van der Waals surface area contributed by atoms with Crippen LogP contribution in [-0.4, -0.2) is 16.0 Å². The van der Waals surface area contributed by atoms with Crippen molar-refractivity contribution in [3.8, 4) is 0 Å². The molecule has 0 amide bonds. The van der Waals surface area contributed by atoms with Gasteiger partial charge in [-0.3, -0.25) is 10.1 Å². The van der Waals surface area contributed by atoms with Crippen molar-refractivity contribution in [2.24, 2.45) is 0 Å². The monoisotopic (exact) mass is 343 g/mol. The van der Waals surface area contributed by atoms with E-state index in [1.807, 2.05) is 0 Å². The molecule has 0 saturated heterocycles. The van der Waals surface area contributed by atoms with Gasteiger partial charge in [-0.15, -0.1) is 0 Å². The molecule has 2 aromatic rings. The molecule has 2 rings (SSSR count). The fraction of sp³-hybridized carbons (Fsp3) is 0. The fourth-order valence-corrected chi connectivity index (χ4v) is 2.97. The summed E-state index contributed by atoms with van der Waals surface area (Å²) in [6.45, 7) is 0. The quantitative estimate of drug-likeness (QED) is 0.639. The van der Waals surface area contributed by atoms with E-state index < -0.39 is 16.6 Å². The maximum atomic E-state index is 10.9. The number of benzene rings is 2. The zero-order valence-corrected chi connectivity index (χ0v) is 12.6. The number of aromatic carboxylic acids is 1. The van der Waals surface area contributed by atoms with Gasteiger partial charge in [-0.1, -0.05) is 35.0 Å². The van der Waals surface area contributed by atoms with Gasteiger partial charge >= 0.3 is 5.97 Å². The van der Waals surface area contributed by atoms with E-state index in [0.29, 0.717) is 19.8 Å². The number of halogens is 2. The van der Waals surface area contributed by atoms with E-state index in [9.17, 15) is 14.9 Å². The van der Waals surface area contributed by atoms with Crippen LogP contribution in [0.4, 0.5) is 5.69 Å². The molecule has 0 spiro atoms. The highest BCUT2D eigenvalue weighted by atomic mass is 35.5. The van der Waals surface area contributed by atoms with Gasteiger partial charge in [0.1, 0.15) is 5.56 Å². The van der Waals surface area contributed by atoms with Gasteiger partial charge in [0.25, 0.3) is 5.69 Å². The third-order valence-electron chi connectivity index (χ3n) is 2.52. The molecule has 1 N–H and O–H groups in total. The number of carbonyl (C=O) groups is 1. The predicted molar refractivity (Wildman–Crippen MR) is 80.6 cm³/mol. The Morgan fingerprint density at radius 3 is 2.52 bits per heavy atom. The lowest BCUT2D eigenvalue weighted by molar-refractivity contribution is -0.385. The van der Waals surface area contributed by atoms with Gasteiger partial charge in [-0.2, -0.15) is 0 Å². The lowest BCUT2D eigenvalue weighted by atomic mass is 10.2. The van der Waals surface area contributed by atoms with Crippen molar-refractivity contribution < 1.29 is 14.8 Å². The van der Waals surface area contributed by atoms with Crippen LogP contribution in [-0.2, 0) is 0 Å². The Labute approximate surface area is 133 Å². The fourth-order valence-electron chi connectivity index (χ4n) is 1.59. The number of hydrogen-bond donors (Lipinski definition) is 1. The zero-order valence-electron chi connectivity index (χ0n) is 10.2. The minimum atomic E-state index is -1.35. The summed E-state index contributed by atoms with van der Waals surface area (Å²) in [5.41, 5.74) is -0.827. The first kappa shape index (κ1) is 15.6. The molecule has 0 atom stereocenters.